The molecule has 0 bridgehead atoms. The van der Waals surface area contributed by atoms with E-state index in [0.29, 0.717) is 38.2 Å². The van der Waals surface area contributed by atoms with Crippen LogP contribution in [0.2, 0.25) is 0 Å². The molecule has 1 saturated carbocycles. The third-order valence-corrected chi connectivity index (χ3v) is 4.17. The third-order valence-electron chi connectivity index (χ3n) is 4.17. The number of ether oxygens (including phenoxy) is 2. The fraction of sp³-hybridized carbons (Fsp3) is 0.579. The summed E-state index contributed by atoms with van der Waals surface area (Å²) in [6.07, 6.45) is 1.91. The molecule has 0 radical (unpaired) electrons. The number of carbonyl (C=O) groups excluding carboxylic acids is 1. The predicted octanol–water partition coefficient (Wildman–Crippen LogP) is 2.68. The normalized spacial score (nSPS) is 14.6. The van der Waals surface area contributed by atoms with E-state index in [1.807, 2.05) is 31.2 Å². The highest BCUT2D eigenvalue weighted by Gasteiger charge is 2.32. The molecule has 1 aromatic rings. The van der Waals surface area contributed by atoms with E-state index < -0.39 is 0 Å². The summed E-state index contributed by atoms with van der Waals surface area (Å²) in [5.74, 6) is 2.05. The van der Waals surface area contributed by atoms with Gasteiger partial charge in [0.15, 0.2) is 5.96 Å². The summed E-state index contributed by atoms with van der Waals surface area (Å²) in [6.45, 7) is 6.01. The quantitative estimate of drug-likeness (QED) is 0.215. The molecule has 3 N–H and O–H groups in total. The lowest BCUT2D eigenvalue weighted by Gasteiger charge is -2.20. The summed E-state index contributed by atoms with van der Waals surface area (Å²) < 4.78 is 10.7. The number of alkyl carbamates (subject to hydrolysis) is 1. The lowest BCUT2D eigenvalue weighted by atomic mass is 10.2. The Kier molecular flexibility index (Phi) is 10.9. The maximum atomic E-state index is 11.6. The Labute approximate surface area is 178 Å². The highest BCUT2D eigenvalue weighted by molar-refractivity contribution is 14.0. The molecule has 1 amide bonds. The van der Waals surface area contributed by atoms with Crippen molar-refractivity contribution in [2.24, 2.45) is 10.9 Å². The van der Waals surface area contributed by atoms with Gasteiger partial charge in [0.25, 0.3) is 0 Å². The number of aryl methyl sites for hydroxylation is 1. The standard InChI is InChI=1S/C19H30N4O3.HI/c1-4-25-19(24)23-17(15-7-8-15)13-22-18(20-3)21-11-12-26-16-9-5-14(2)6-10-16;/h5-6,9-10,15,17H,4,7-8,11-13H2,1-3H3,(H,23,24)(H2,20,21,22);1H. The van der Waals surface area contributed by atoms with Crippen LogP contribution in [0.4, 0.5) is 4.79 Å². The van der Waals surface area contributed by atoms with Gasteiger partial charge in [0.1, 0.15) is 12.4 Å². The molecule has 7 nitrogen and oxygen atoms in total. The van der Waals surface area contributed by atoms with Gasteiger partial charge >= 0.3 is 6.09 Å². The second-order valence-electron chi connectivity index (χ2n) is 6.35. The number of rotatable bonds is 9. The number of guanidine groups is 1. The fourth-order valence-electron chi connectivity index (χ4n) is 2.56. The summed E-state index contributed by atoms with van der Waals surface area (Å²) in [4.78, 5) is 15.8. The van der Waals surface area contributed by atoms with Gasteiger partial charge in [0.05, 0.1) is 19.2 Å². The molecule has 1 fully saturated rings. The Hall–Kier alpha value is -1.71. The minimum Gasteiger partial charge on any atom is -0.492 e. The highest BCUT2D eigenvalue weighted by Crippen LogP contribution is 2.32. The SMILES string of the molecule is CCOC(=O)NC(CNC(=NC)NCCOc1ccc(C)cc1)C1CC1.I. The molecule has 27 heavy (non-hydrogen) atoms. The van der Waals surface area contributed by atoms with E-state index in [-0.39, 0.29) is 36.1 Å². The highest BCUT2D eigenvalue weighted by atomic mass is 127. The van der Waals surface area contributed by atoms with Crippen LogP contribution in [0.5, 0.6) is 5.75 Å². The Morgan fingerprint density at radius 1 is 1.26 bits per heavy atom. The van der Waals surface area contributed by atoms with Crippen molar-refractivity contribution in [3.05, 3.63) is 29.8 Å². The monoisotopic (exact) mass is 490 g/mol. The first-order chi connectivity index (χ1) is 12.6. The van der Waals surface area contributed by atoms with Crippen LogP contribution in [-0.4, -0.2) is 51.4 Å². The van der Waals surface area contributed by atoms with Gasteiger partial charge in [-0.15, -0.1) is 24.0 Å². The minimum absolute atomic E-state index is 0. The van der Waals surface area contributed by atoms with E-state index in [4.69, 9.17) is 9.47 Å². The van der Waals surface area contributed by atoms with E-state index in [9.17, 15) is 4.79 Å². The van der Waals surface area contributed by atoms with Crippen molar-refractivity contribution in [1.29, 1.82) is 0 Å². The average molecular weight is 490 g/mol. The molecule has 8 heteroatoms. The Morgan fingerprint density at radius 2 is 1.96 bits per heavy atom. The van der Waals surface area contributed by atoms with E-state index in [2.05, 4.69) is 20.9 Å². The summed E-state index contributed by atoms with van der Waals surface area (Å²) in [6, 6.07) is 8.03. The summed E-state index contributed by atoms with van der Waals surface area (Å²) in [7, 11) is 1.72. The van der Waals surface area contributed by atoms with Gasteiger partial charge in [-0.2, -0.15) is 0 Å². The van der Waals surface area contributed by atoms with Crippen molar-refractivity contribution >= 4 is 36.0 Å². The number of halogens is 1. The summed E-state index contributed by atoms with van der Waals surface area (Å²) in [5, 5.41) is 9.39. The Morgan fingerprint density at radius 3 is 2.56 bits per heavy atom. The Bertz CT molecular complexity index is 591. The molecule has 1 aliphatic rings. The van der Waals surface area contributed by atoms with Crippen LogP contribution in [0.3, 0.4) is 0 Å². The molecule has 1 unspecified atom stereocenters. The number of carbonyl (C=O) groups is 1. The molecule has 152 valence electrons. The largest absolute Gasteiger partial charge is 0.492 e. The van der Waals surface area contributed by atoms with Crippen molar-refractivity contribution in [3.63, 3.8) is 0 Å². The summed E-state index contributed by atoms with van der Waals surface area (Å²) >= 11 is 0. The zero-order valence-electron chi connectivity index (χ0n) is 16.3. The molecule has 0 aliphatic heterocycles. The molecule has 0 spiro atoms. The number of hydrogen-bond acceptors (Lipinski definition) is 4. The number of nitrogens with zero attached hydrogens (tertiary/aromatic N) is 1. The molecule has 2 rings (SSSR count). The summed E-state index contributed by atoms with van der Waals surface area (Å²) in [5.41, 5.74) is 1.21. The second kappa shape index (κ2) is 12.6. The van der Waals surface area contributed by atoms with Gasteiger partial charge < -0.3 is 25.4 Å². The fourth-order valence-corrected chi connectivity index (χ4v) is 2.56. The van der Waals surface area contributed by atoms with Crippen LogP contribution in [0.15, 0.2) is 29.3 Å². The number of hydrogen-bond donors (Lipinski definition) is 3. The van der Waals surface area contributed by atoms with Gasteiger partial charge in [-0.3, -0.25) is 4.99 Å². The number of nitrogens with one attached hydrogen (secondary N) is 3. The number of aliphatic imine (C=N–C) groups is 1. The molecule has 1 atom stereocenters. The molecule has 0 aromatic heterocycles. The first kappa shape index (κ1) is 23.3. The lowest BCUT2D eigenvalue weighted by Crippen LogP contribution is -2.48. The van der Waals surface area contributed by atoms with Crippen molar-refractivity contribution in [2.75, 3.05) is 33.4 Å². The zero-order chi connectivity index (χ0) is 18.8. The van der Waals surface area contributed by atoms with Gasteiger partial charge in [0.2, 0.25) is 0 Å². The molecular weight excluding hydrogens is 459 g/mol. The van der Waals surface area contributed by atoms with Gasteiger partial charge in [0, 0.05) is 13.6 Å². The zero-order valence-corrected chi connectivity index (χ0v) is 18.6. The minimum atomic E-state index is -0.361. The van der Waals surface area contributed by atoms with Crippen molar-refractivity contribution in [3.8, 4) is 5.75 Å². The van der Waals surface area contributed by atoms with Gasteiger partial charge in [-0.05, 0) is 44.7 Å². The molecule has 0 heterocycles. The van der Waals surface area contributed by atoms with Crippen molar-refractivity contribution < 1.29 is 14.3 Å². The topological polar surface area (TPSA) is 84.0 Å². The maximum Gasteiger partial charge on any atom is 0.407 e. The predicted molar refractivity (Wildman–Crippen MR) is 118 cm³/mol. The number of amides is 1. The van der Waals surface area contributed by atoms with Crippen LogP contribution >= 0.6 is 24.0 Å². The average Bonchev–Trinajstić information content (AvgIpc) is 3.47. The van der Waals surface area contributed by atoms with Crippen molar-refractivity contribution in [2.45, 2.75) is 32.7 Å². The van der Waals surface area contributed by atoms with Crippen LogP contribution < -0.4 is 20.7 Å². The first-order valence-corrected chi connectivity index (χ1v) is 9.19. The molecule has 1 aliphatic carbocycles. The van der Waals surface area contributed by atoms with E-state index in [0.717, 1.165) is 18.6 Å². The van der Waals surface area contributed by atoms with Gasteiger partial charge in [-0.25, -0.2) is 4.79 Å². The van der Waals surface area contributed by atoms with Crippen LogP contribution in [-0.2, 0) is 4.74 Å². The lowest BCUT2D eigenvalue weighted by molar-refractivity contribution is 0.146. The molecular formula is C19H31IN4O3. The smallest absolute Gasteiger partial charge is 0.407 e. The molecule has 1 aromatic carbocycles. The Balaban J connectivity index is 0.00000364. The second-order valence-corrected chi connectivity index (χ2v) is 6.35. The van der Waals surface area contributed by atoms with Crippen LogP contribution in [0.1, 0.15) is 25.3 Å². The van der Waals surface area contributed by atoms with Gasteiger partial charge in [-0.1, -0.05) is 17.7 Å². The number of benzene rings is 1. The molecule has 0 saturated heterocycles. The van der Waals surface area contributed by atoms with Crippen LogP contribution in [0.25, 0.3) is 0 Å². The van der Waals surface area contributed by atoms with Crippen molar-refractivity contribution in [1.82, 2.24) is 16.0 Å². The van der Waals surface area contributed by atoms with E-state index in [1.54, 1.807) is 14.0 Å². The van der Waals surface area contributed by atoms with Crippen LogP contribution in [0, 0.1) is 12.8 Å². The van der Waals surface area contributed by atoms with E-state index in [1.165, 1.54) is 5.56 Å². The maximum absolute atomic E-state index is 11.6. The first-order valence-electron chi connectivity index (χ1n) is 9.19. The van der Waals surface area contributed by atoms with E-state index >= 15 is 0 Å². The third kappa shape index (κ3) is 9.16.